The Morgan fingerprint density at radius 1 is 0.962 bits per heavy atom. The van der Waals surface area contributed by atoms with E-state index in [4.69, 9.17) is 28.4 Å². The minimum atomic E-state index is -2.00. The van der Waals surface area contributed by atoms with Gasteiger partial charge in [-0.2, -0.15) is 0 Å². The van der Waals surface area contributed by atoms with E-state index in [9.17, 15) is 35.5 Å². The van der Waals surface area contributed by atoms with Gasteiger partial charge in [-0.05, 0) is 81.8 Å². The predicted octanol–water partition coefficient (Wildman–Crippen LogP) is 1.91. The molecule has 0 aromatic carbocycles. The maximum atomic E-state index is 14.2. The molecule has 3 rings (SSSR count). The van der Waals surface area contributed by atoms with E-state index >= 15 is 0 Å². The number of likely N-dealkylation sites (N-methyl/N-ethyl adjacent to an activating group) is 2. The molecule has 3 aliphatic heterocycles. The predicted molar refractivity (Wildman–Crippen MR) is 196 cm³/mol. The SMILES string of the molecule is CC[C@H]1OC(=O)[C@H](C)[C@@H](O[C@H]2C[C@@](C)(OC)[C@@H](O)[C@H](C)O2)[C@H](C)[C@@H](O[C@@H]2O[C@H](C)C[C@H](N(C)C)[C@H]2O)[C@](C)(O)C[C@@H](C)C[N+](C)([O-])[C@H](C)[C@@H](O)[C@]1(C)O. The number of cyclic esters (lactones) is 1. The molecule has 0 saturated carbocycles. The Balaban J connectivity index is 2.20. The number of methoxy groups -OCH3 is 1. The van der Waals surface area contributed by atoms with Crippen molar-refractivity contribution in [1.82, 2.24) is 4.90 Å². The molecule has 3 heterocycles. The minimum absolute atomic E-state index is 0.0352. The topological polar surface area (TPSA) is 200 Å². The lowest BCUT2D eigenvalue weighted by Crippen LogP contribution is -2.63. The maximum Gasteiger partial charge on any atom is 0.311 e. The van der Waals surface area contributed by atoms with Gasteiger partial charge in [-0.1, -0.05) is 20.8 Å². The van der Waals surface area contributed by atoms with E-state index in [1.807, 2.05) is 32.8 Å². The zero-order valence-electron chi connectivity index (χ0n) is 34.6. The van der Waals surface area contributed by atoms with Crippen LogP contribution in [0.1, 0.15) is 94.9 Å². The molecule has 3 aliphatic rings. The van der Waals surface area contributed by atoms with Gasteiger partial charge < -0.3 is 68.7 Å². The summed E-state index contributed by atoms with van der Waals surface area (Å²) in [5.41, 5.74) is -4.74. The Bertz CT molecular complexity index is 1190. The molecule has 1 unspecified atom stereocenters. The van der Waals surface area contributed by atoms with Crippen molar-refractivity contribution in [2.45, 2.75) is 185 Å². The highest BCUT2D eigenvalue weighted by atomic mass is 16.7. The molecular weight excluding hydrogens is 692 g/mol. The highest BCUT2D eigenvalue weighted by Crippen LogP contribution is 2.40. The molecule has 53 heavy (non-hydrogen) atoms. The maximum absolute atomic E-state index is 14.2. The number of aliphatic hydroxyl groups excluding tert-OH is 3. The first-order valence-electron chi connectivity index (χ1n) is 19.3. The molecule has 15 heteroatoms. The lowest BCUT2D eigenvalue weighted by molar-refractivity contribution is -0.892. The second-order valence-corrected chi connectivity index (χ2v) is 17.6. The Morgan fingerprint density at radius 3 is 2.11 bits per heavy atom. The summed E-state index contributed by atoms with van der Waals surface area (Å²) < 4.78 is 36.4. The second kappa shape index (κ2) is 17.6. The van der Waals surface area contributed by atoms with Gasteiger partial charge in [0, 0.05) is 31.4 Å². The van der Waals surface area contributed by atoms with E-state index in [1.165, 1.54) is 21.1 Å². The van der Waals surface area contributed by atoms with E-state index in [0.29, 0.717) is 6.42 Å². The molecule has 5 N–H and O–H groups in total. The normalized spacial score (nSPS) is 51.3. The summed E-state index contributed by atoms with van der Waals surface area (Å²) in [7, 11) is 6.62. The Hall–Kier alpha value is -1.05. The first-order valence-corrected chi connectivity index (χ1v) is 19.3. The lowest BCUT2D eigenvalue weighted by atomic mass is 9.77. The van der Waals surface area contributed by atoms with Crippen LogP contribution in [0.2, 0.25) is 0 Å². The molecule has 312 valence electrons. The van der Waals surface area contributed by atoms with Crippen molar-refractivity contribution in [2.75, 3.05) is 34.8 Å². The first kappa shape index (κ1) is 46.3. The average Bonchev–Trinajstić information content (AvgIpc) is 3.05. The summed E-state index contributed by atoms with van der Waals surface area (Å²) >= 11 is 0. The molecule has 19 atom stereocenters. The van der Waals surface area contributed by atoms with Crippen molar-refractivity contribution in [3.8, 4) is 0 Å². The van der Waals surface area contributed by atoms with Gasteiger partial charge in [-0.15, -0.1) is 0 Å². The molecule has 0 aliphatic carbocycles. The van der Waals surface area contributed by atoms with Crippen molar-refractivity contribution < 1.29 is 63.4 Å². The van der Waals surface area contributed by atoms with Gasteiger partial charge in [0.15, 0.2) is 12.6 Å². The van der Waals surface area contributed by atoms with Crippen molar-refractivity contribution in [1.29, 1.82) is 0 Å². The van der Waals surface area contributed by atoms with Crippen LogP contribution in [0.4, 0.5) is 0 Å². The number of carbonyl (C=O) groups is 1. The number of aliphatic hydroxyl groups is 5. The largest absolute Gasteiger partial charge is 0.633 e. The fourth-order valence-electron chi connectivity index (χ4n) is 8.92. The van der Waals surface area contributed by atoms with Crippen molar-refractivity contribution in [3.05, 3.63) is 5.21 Å². The third-order valence-electron chi connectivity index (χ3n) is 12.4. The van der Waals surface area contributed by atoms with Crippen LogP contribution >= 0.6 is 0 Å². The highest BCUT2D eigenvalue weighted by Gasteiger charge is 2.53. The van der Waals surface area contributed by atoms with Crippen molar-refractivity contribution in [2.24, 2.45) is 17.8 Å². The van der Waals surface area contributed by atoms with Crippen molar-refractivity contribution >= 4 is 5.97 Å². The average molecular weight is 765 g/mol. The Labute approximate surface area is 317 Å². The lowest BCUT2D eigenvalue weighted by Gasteiger charge is -2.51. The molecule has 0 spiro atoms. The highest BCUT2D eigenvalue weighted by molar-refractivity contribution is 5.73. The van der Waals surface area contributed by atoms with E-state index in [1.54, 1.807) is 48.5 Å². The summed E-state index contributed by atoms with van der Waals surface area (Å²) in [6.45, 7) is 16.7. The number of esters is 1. The number of nitrogens with zero attached hydrogens (tertiary/aromatic N) is 2. The van der Waals surface area contributed by atoms with Gasteiger partial charge >= 0.3 is 5.97 Å². The molecule has 0 aromatic rings. The number of quaternary nitrogens is 1. The summed E-state index contributed by atoms with van der Waals surface area (Å²) in [5, 5.41) is 72.2. The summed E-state index contributed by atoms with van der Waals surface area (Å²) in [5.74, 6) is -3.10. The number of carbonyl (C=O) groups excluding carboxylic acids is 1. The van der Waals surface area contributed by atoms with Gasteiger partial charge in [0.05, 0.1) is 55.1 Å². The molecule has 15 nitrogen and oxygen atoms in total. The van der Waals surface area contributed by atoms with Gasteiger partial charge in [-0.3, -0.25) is 4.79 Å². The molecule has 0 bridgehead atoms. The Kier molecular flexibility index (Phi) is 15.4. The molecule has 0 aromatic heterocycles. The minimum Gasteiger partial charge on any atom is -0.633 e. The second-order valence-electron chi connectivity index (χ2n) is 17.6. The van der Waals surface area contributed by atoms with Crippen LogP contribution in [0.3, 0.4) is 0 Å². The number of hydrogen-bond acceptors (Lipinski definition) is 14. The number of rotatable bonds is 7. The van der Waals surface area contributed by atoms with Crippen LogP contribution in [0.25, 0.3) is 0 Å². The molecule has 3 saturated heterocycles. The van der Waals surface area contributed by atoms with Gasteiger partial charge in [0.25, 0.3) is 0 Å². The summed E-state index contributed by atoms with van der Waals surface area (Å²) in [4.78, 5) is 16.1. The summed E-state index contributed by atoms with van der Waals surface area (Å²) in [6, 6.07) is -1.35. The number of hydroxylamine groups is 3. The van der Waals surface area contributed by atoms with Crippen LogP contribution in [0.15, 0.2) is 0 Å². The standard InChI is InChI=1S/C38H72N2O13/c1-15-27-38(10,46)31(42)24(6)40(13,47)19-20(2)17-36(8,45)33(53-35-29(41)26(39(11)12)16-21(3)49-35)22(4)30(23(5)34(44)51-27)52-28-18-37(9,48-14)32(43)25(7)50-28/h20-33,35,41-43,45-46H,15-19H2,1-14H3/t20-,21-,22+,23-,24-,25+,26+,27-,28+,29-,30+,31-,32+,33-,35+,36-,37-,38-,40?/m1/s1. The zero-order chi connectivity index (χ0) is 40.6. The number of hydrogen-bond donors (Lipinski definition) is 5. The van der Waals surface area contributed by atoms with Crippen LogP contribution in [0.5, 0.6) is 0 Å². The van der Waals surface area contributed by atoms with E-state index in [0.717, 1.165) is 0 Å². The van der Waals surface area contributed by atoms with Gasteiger partial charge in [0.1, 0.15) is 36.1 Å². The quantitative estimate of drug-likeness (QED) is 0.143. The van der Waals surface area contributed by atoms with Gasteiger partial charge in [-0.25, -0.2) is 0 Å². The summed E-state index contributed by atoms with van der Waals surface area (Å²) in [6.07, 6.45) is -9.40. The van der Waals surface area contributed by atoms with Crippen LogP contribution in [-0.4, -0.2) is 166 Å². The Morgan fingerprint density at radius 2 is 1.57 bits per heavy atom. The van der Waals surface area contributed by atoms with E-state index < -0.39 is 107 Å². The van der Waals surface area contributed by atoms with Crippen LogP contribution in [-0.2, 0) is 33.2 Å². The first-order chi connectivity index (χ1) is 24.2. The zero-order valence-corrected chi connectivity index (χ0v) is 34.6. The molecular formula is C38H72N2O13. The third-order valence-corrected chi connectivity index (χ3v) is 12.4. The molecule has 0 radical (unpaired) electrons. The number of ether oxygens (including phenoxy) is 6. The fraction of sp³-hybridized carbons (Fsp3) is 0.974. The van der Waals surface area contributed by atoms with Crippen molar-refractivity contribution in [3.63, 3.8) is 0 Å². The van der Waals surface area contributed by atoms with E-state index in [2.05, 4.69) is 0 Å². The van der Waals surface area contributed by atoms with Crippen LogP contribution < -0.4 is 0 Å². The third kappa shape index (κ3) is 10.3. The van der Waals surface area contributed by atoms with E-state index in [-0.39, 0.29) is 38.0 Å². The molecule has 0 amide bonds. The van der Waals surface area contributed by atoms with Gasteiger partial charge in [0.2, 0.25) is 0 Å². The van der Waals surface area contributed by atoms with Crippen LogP contribution in [0, 0.1) is 23.0 Å². The molecule has 3 fully saturated rings. The fourth-order valence-corrected chi connectivity index (χ4v) is 8.92. The smallest absolute Gasteiger partial charge is 0.311 e. The monoisotopic (exact) mass is 765 g/mol.